The second kappa shape index (κ2) is 9.85. The molecule has 1 aliphatic carbocycles. The van der Waals surface area contributed by atoms with Gasteiger partial charge in [-0.05, 0) is 53.8 Å². The molecule has 0 bridgehead atoms. The summed E-state index contributed by atoms with van der Waals surface area (Å²) in [5, 5.41) is 7.26. The first-order valence-electron chi connectivity index (χ1n) is 11.4. The molecule has 0 saturated heterocycles. The molecule has 1 amide bonds. The van der Waals surface area contributed by atoms with E-state index < -0.39 is 0 Å². The third-order valence-electron chi connectivity index (χ3n) is 6.14. The van der Waals surface area contributed by atoms with Gasteiger partial charge in [-0.25, -0.2) is 9.97 Å². The SMILES string of the molecule is COc1cc2ncnc(Nc3ccc(/C=C/C(=O)NC4Cc5ccccc5C4)cc3)c2cc1OC. The van der Waals surface area contributed by atoms with Crippen molar-refractivity contribution in [2.24, 2.45) is 0 Å². The Morgan fingerprint density at radius 2 is 1.63 bits per heavy atom. The van der Waals surface area contributed by atoms with Crippen molar-refractivity contribution in [2.75, 3.05) is 19.5 Å². The fourth-order valence-electron chi connectivity index (χ4n) is 4.38. The molecule has 0 aliphatic heterocycles. The summed E-state index contributed by atoms with van der Waals surface area (Å²) in [5.41, 5.74) is 5.18. The molecule has 5 rings (SSSR count). The Bertz CT molecular complexity index is 1370. The molecule has 0 saturated carbocycles. The predicted octanol–water partition coefficient (Wildman–Crippen LogP) is 4.69. The molecular weight excluding hydrogens is 440 g/mol. The van der Waals surface area contributed by atoms with E-state index in [0.29, 0.717) is 17.3 Å². The van der Waals surface area contributed by atoms with E-state index >= 15 is 0 Å². The number of carbonyl (C=O) groups excluding carboxylic acids is 1. The summed E-state index contributed by atoms with van der Waals surface area (Å²) in [6, 6.07) is 20.0. The van der Waals surface area contributed by atoms with E-state index in [9.17, 15) is 4.79 Å². The van der Waals surface area contributed by atoms with Crippen LogP contribution >= 0.6 is 0 Å². The van der Waals surface area contributed by atoms with Crippen LogP contribution in [0.15, 0.2) is 73.1 Å². The Morgan fingerprint density at radius 1 is 0.943 bits per heavy atom. The monoisotopic (exact) mass is 466 g/mol. The average Bonchev–Trinajstić information content (AvgIpc) is 3.30. The molecule has 1 aliphatic rings. The molecule has 176 valence electrons. The lowest BCUT2D eigenvalue weighted by atomic mass is 10.1. The van der Waals surface area contributed by atoms with Gasteiger partial charge in [0.25, 0.3) is 0 Å². The zero-order valence-electron chi connectivity index (χ0n) is 19.6. The molecule has 0 atom stereocenters. The Labute approximate surface area is 203 Å². The molecule has 0 spiro atoms. The van der Waals surface area contributed by atoms with Gasteiger partial charge in [0.2, 0.25) is 5.91 Å². The van der Waals surface area contributed by atoms with E-state index in [1.807, 2.05) is 54.6 Å². The van der Waals surface area contributed by atoms with Crippen LogP contribution in [0.3, 0.4) is 0 Å². The van der Waals surface area contributed by atoms with Gasteiger partial charge in [-0.3, -0.25) is 4.79 Å². The third-order valence-corrected chi connectivity index (χ3v) is 6.14. The number of benzene rings is 3. The molecule has 4 aromatic rings. The topological polar surface area (TPSA) is 85.4 Å². The highest BCUT2D eigenvalue weighted by atomic mass is 16.5. The molecule has 2 N–H and O–H groups in total. The van der Waals surface area contributed by atoms with Gasteiger partial charge in [0.05, 0.1) is 19.7 Å². The largest absolute Gasteiger partial charge is 0.493 e. The summed E-state index contributed by atoms with van der Waals surface area (Å²) in [4.78, 5) is 21.1. The minimum Gasteiger partial charge on any atom is -0.493 e. The van der Waals surface area contributed by atoms with Crippen molar-refractivity contribution in [3.8, 4) is 11.5 Å². The van der Waals surface area contributed by atoms with Crippen LogP contribution < -0.4 is 20.1 Å². The zero-order chi connectivity index (χ0) is 24.2. The van der Waals surface area contributed by atoms with Crippen LogP contribution in [0, 0.1) is 0 Å². The Kier molecular flexibility index (Phi) is 6.30. The fraction of sp³-hybridized carbons (Fsp3) is 0.179. The van der Waals surface area contributed by atoms with Crippen molar-refractivity contribution in [2.45, 2.75) is 18.9 Å². The van der Waals surface area contributed by atoms with E-state index in [1.54, 1.807) is 20.3 Å². The summed E-state index contributed by atoms with van der Waals surface area (Å²) in [7, 11) is 3.19. The molecule has 3 aromatic carbocycles. The number of methoxy groups -OCH3 is 2. The fourth-order valence-corrected chi connectivity index (χ4v) is 4.38. The van der Waals surface area contributed by atoms with Gasteiger partial charge in [-0.2, -0.15) is 0 Å². The van der Waals surface area contributed by atoms with Crippen LogP contribution in [-0.4, -0.2) is 36.1 Å². The Morgan fingerprint density at radius 3 is 2.31 bits per heavy atom. The molecule has 0 unspecified atom stereocenters. The quantitative estimate of drug-likeness (QED) is 0.385. The van der Waals surface area contributed by atoms with Gasteiger partial charge in [0.1, 0.15) is 12.1 Å². The second-order valence-corrected chi connectivity index (χ2v) is 8.41. The summed E-state index contributed by atoms with van der Waals surface area (Å²) in [6.07, 6.45) is 6.68. The van der Waals surface area contributed by atoms with Gasteiger partial charge in [-0.1, -0.05) is 36.4 Å². The number of hydrogen-bond acceptors (Lipinski definition) is 6. The van der Waals surface area contributed by atoms with E-state index in [1.165, 1.54) is 17.5 Å². The van der Waals surface area contributed by atoms with E-state index in [2.05, 4.69) is 32.7 Å². The molecule has 35 heavy (non-hydrogen) atoms. The maximum absolute atomic E-state index is 12.4. The lowest BCUT2D eigenvalue weighted by molar-refractivity contribution is -0.117. The highest BCUT2D eigenvalue weighted by Gasteiger charge is 2.21. The molecule has 0 fully saturated rings. The number of aromatic nitrogens is 2. The number of carbonyl (C=O) groups is 1. The first-order chi connectivity index (χ1) is 17.1. The van der Waals surface area contributed by atoms with Crippen molar-refractivity contribution < 1.29 is 14.3 Å². The normalized spacial score (nSPS) is 13.1. The predicted molar refractivity (Wildman–Crippen MR) is 137 cm³/mol. The van der Waals surface area contributed by atoms with Crippen LogP contribution in [0.2, 0.25) is 0 Å². The second-order valence-electron chi connectivity index (χ2n) is 8.41. The molecular formula is C28H26N4O3. The van der Waals surface area contributed by atoms with Crippen LogP contribution in [-0.2, 0) is 17.6 Å². The standard InChI is InChI=1S/C28H26N4O3/c1-34-25-15-23-24(16-26(25)35-2)29-17-30-28(23)32-21-10-7-18(8-11-21)9-12-27(33)31-22-13-19-5-3-4-6-20(19)14-22/h3-12,15-17,22H,13-14H2,1-2H3,(H,31,33)(H,29,30,32)/b12-9+. The summed E-state index contributed by atoms with van der Waals surface area (Å²) in [5.74, 6) is 1.80. The number of hydrogen-bond donors (Lipinski definition) is 2. The number of nitrogens with zero attached hydrogens (tertiary/aromatic N) is 2. The van der Waals surface area contributed by atoms with Gasteiger partial charge < -0.3 is 20.1 Å². The maximum atomic E-state index is 12.4. The van der Waals surface area contributed by atoms with Crippen molar-refractivity contribution in [3.05, 3.63) is 89.8 Å². The number of rotatable bonds is 7. The number of anilines is 2. The lowest BCUT2D eigenvalue weighted by Gasteiger charge is -2.12. The highest BCUT2D eigenvalue weighted by molar-refractivity contribution is 5.93. The summed E-state index contributed by atoms with van der Waals surface area (Å²) >= 11 is 0. The van der Waals surface area contributed by atoms with Crippen LogP contribution in [0.25, 0.3) is 17.0 Å². The highest BCUT2D eigenvalue weighted by Crippen LogP contribution is 2.34. The van der Waals surface area contributed by atoms with Crippen molar-refractivity contribution in [1.82, 2.24) is 15.3 Å². The van der Waals surface area contributed by atoms with Crippen LogP contribution in [0.4, 0.5) is 11.5 Å². The molecule has 7 heteroatoms. The van der Waals surface area contributed by atoms with Gasteiger partial charge >= 0.3 is 0 Å². The maximum Gasteiger partial charge on any atom is 0.244 e. The minimum atomic E-state index is -0.0816. The Balaban J connectivity index is 1.24. The molecule has 1 aromatic heterocycles. The van der Waals surface area contributed by atoms with E-state index in [4.69, 9.17) is 9.47 Å². The number of amides is 1. The summed E-state index contributed by atoms with van der Waals surface area (Å²) < 4.78 is 10.8. The van der Waals surface area contributed by atoms with Crippen LogP contribution in [0.1, 0.15) is 16.7 Å². The van der Waals surface area contributed by atoms with Crippen molar-refractivity contribution >= 4 is 34.4 Å². The number of nitrogens with one attached hydrogen (secondary N) is 2. The molecule has 7 nitrogen and oxygen atoms in total. The number of ether oxygens (including phenoxy) is 2. The van der Waals surface area contributed by atoms with E-state index in [-0.39, 0.29) is 11.9 Å². The summed E-state index contributed by atoms with van der Waals surface area (Å²) in [6.45, 7) is 0. The zero-order valence-corrected chi connectivity index (χ0v) is 19.6. The van der Waals surface area contributed by atoms with Crippen LogP contribution in [0.5, 0.6) is 11.5 Å². The lowest BCUT2D eigenvalue weighted by Crippen LogP contribution is -2.34. The third kappa shape index (κ3) is 4.94. The smallest absolute Gasteiger partial charge is 0.244 e. The average molecular weight is 467 g/mol. The number of fused-ring (bicyclic) bond motifs is 2. The Hall–Kier alpha value is -4.39. The molecule has 0 radical (unpaired) electrons. The van der Waals surface area contributed by atoms with Crippen molar-refractivity contribution in [3.63, 3.8) is 0 Å². The van der Waals surface area contributed by atoms with Crippen molar-refractivity contribution in [1.29, 1.82) is 0 Å². The van der Waals surface area contributed by atoms with E-state index in [0.717, 1.165) is 35.0 Å². The first-order valence-corrected chi connectivity index (χ1v) is 11.4. The van der Waals surface area contributed by atoms with Gasteiger partial charge in [0.15, 0.2) is 11.5 Å². The van der Waals surface area contributed by atoms with Gasteiger partial charge in [-0.15, -0.1) is 0 Å². The first kappa shape index (κ1) is 22.4. The van der Waals surface area contributed by atoms with Gasteiger partial charge in [0, 0.05) is 29.3 Å². The minimum absolute atomic E-state index is 0.0816. The molecule has 1 heterocycles.